The van der Waals surface area contributed by atoms with Crippen molar-refractivity contribution >= 4 is 11.0 Å². The van der Waals surface area contributed by atoms with E-state index in [0.717, 1.165) is 12.8 Å². The number of aryl methyl sites for hydroxylation is 1. The zero-order valence-corrected chi connectivity index (χ0v) is 8.56. The van der Waals surface area contributed by atoms with Gasteiger partial charge in [-0.05, 0) is 18.6 Å². The van der Waals surface area contributed by atoms with Gasteiger partial charge in [0.2, 0.25) is 0 Å². The molecule has 0 aliphatic heterocycles. The summed E-state index contributed by atoms with van der Waals surface area (Å²) in [7, 11) is 0. The molecule has 0 amide bonds. The molecule has 0 aliphatic rings. The number of rotatable bonds is 3. The van der Waals surface area contributed by atoms with E-state index in [1.54, 1.807) is 18.3 Å². The van der Waals surface area contributed by atoms with Gasteiger partial charge < -0.3 is 4.42 Å². The molecule has 2 rings (SSSR count). The van der Waals surface area contributed by atoms with Crippen molar-refractivity contribution in [2.24, 2.45) is 0 Å². The van der Waals surface area contributed by atoms with Crippen molar-refractivity contribution in [3.63, 3.8) is 0 Å². The van der Waals surface area contributed by atoms with E-state index in [-0.39, 0.29) is 0 Å². The molecule has 0 radical (unpaired) electrons. The minimum atomic E-state index is -0.397. The fraction of sp³-hybridized carbons (Fsp3) is 0.364. The van der Waals surface area contributed by atoms with Crippen molar-refractivity contribution in [1.82, 2.24) is 9.97 Å². The zero-order valence-electron chi connectivity index (χ0n) is 8.56. The molecule has 0 spiro atoms. The first-order valence-electron chi connectivity index (χ1n) is 5.06. The van der Waals surface area contributed by atoms with Gasteiger partial charge in [0, 0.05) is 12.6 Å². The average molecular weight is 204 g/mol. The van der Waals surface area contributed by atoms with Crippen LogP contribution in [0.15, 0.2) is 27.5 Å². The van der Waals surface area contributed by atoms with Crippen LogP contribution in [0.4, 0.5) is 0 Å². The quantitative estimate of drug-likeness (QED) is 0.766. The Labute approximate surface area is 87.0 Å². The number of hydrogen-bond donors (Lipinski definition) is 0. The molecular weight excluding hydrogens is 192 g/mol. The van der Waals surface area contributed by atoms with Gasteiger partial charge >= 0.3 is 5.63 Å². The Morgan fingerprint density at radius 2 is 2.33 bits per heavy atom. The average Bonchev–Trinajstić information content (AvgIpc) is 2.26. The molecule has 15 heavy (non-hydrogen) atoms. The minimum Gasteiger partial charge on any atom is -0.407 e. The van der Waals surface area contributed by atoms with Gasteiger partial charge in [0.05, 0.1) is 5.52 Å². The van der Waals surface area contributed by atoms with Crippen molar-refractivity contribution < 1.29 is 4.42 Å². The predicted molar refractivity (Wildman–Crippen MR) is 56.7 cm³/mol. The van der Waals surface area contributed by atoms with E-state index in [1.807, 2.05) is 0 Å². The van der Waals surface area contributed by atoms with Gasteiger partial charge in [-0.25, -0.2) is 14.8 Å². The smallest absolute Gasteiger partial charge is 0.365 e. The van der Waals surface area contributed by atoms with E-state index in [1.165, 1.54) is 0 Å². The van der Waals surface area contributed by atoms with Crippen LogP contribution < -0.4 is 5.63 Å². The van der Waals surface area contributed by atoms with Crippen molar-refractivity contribution in [2.75, 3.05) is 0 Å². The molecule has 0 atom stereocenters. The summed E-state index contributed by atoms with van der Waals surface area (Å²) in [5, 5.41) is 0. The molecule has 0 saturated heterocycles. The number of nitrogens with zero attached hydrogens (tertiary/aromatic N) is 2. The third-order valence-corrected chi connectivity index (χ3v) is 2.18. The van der Waals surface area contributed by atoms with Crippen LogP contribution >= 0.6 is 0 Å². The highest BCUT2D eigenvalue weighted by molar-refractivity contribution is 5.71. The van der Waals surface area contributed by atoms with E-state index in [9.17, 15) is 4.79 Å². The molecule has 2 aromatic heterocycles. The third-order valence-electron chi connectivity index (χ3n) is 2.18. The maximum atomic E-state index is 11.5. The van der Waals surface area contributed by atoms with Crippen LogP contribution in [-0.2, 0) is 6.42 Å². The Bertz CT molecular complexity index is 519. The Kier molecular flexibility index (Phi) is 2.76. The minimum absolute atomic E-state index is 0.303. The molecule has 4 nitrogen and oxygen atoms in total. The van der Waals surface area contributed by atoms with Crippen molar-refractivity contribution in [1.29, 1.82) is 0 Å². The molecule has 0 N–H and O–H groups in total. The SMILES string of the molecule is CCCCc1nc2cccnc2c(=O)o1. The lowest BCUT2D eigenvalue weighted by Gasteiger charge is -1.99. The van der Waals surface area contributed by atoms with Gasteiger partial charge in [-0.1, -0.05) is 13.3 Å². The highest BCUT2D eigenvalue weighted by Gasteiger charge is 2.05. The monoisotopic (exact) mass is 204 g/mol. The van der Waals surface area contributed by atoms with Gasteiger partial charge in [0.15, 0.2) is 11.4 Å². The molecule has 78 valence electrons. The molecule has 0 saturated carbocycles. The Hall–Kier alpha value is -1.71. The summed E-state index contributed by atoms with van der Waals surface area (Å²) in [5.74, 6) is 0.502. The summed E-state index contributed by atoms with van der Waals surface area (Å²) in [4.78, 5) is 19.7. The van der Waals surface area contributed by atoms with Gasteiger partial charge in [-0.3, -0.25) is 0 Å². The summed E-state index contributed by atoms with van der Waals surface area (Å²) in [6.07, 6.45) is 4.29. The zero-order chi connectivity index (χ0) is 10.7. The van der Waals surface area contributed by atoms with Crippen LogP contribution in [0.2, 0.25) is 0 Å². The van der Waals surface area contributed by atoms with Crippen molar-refractivity contribution in [2.45, 2.75) is 26.2 Å². The highest BCUT2D eigenvalue weighted by Crippen LogP contribution is 2.06. The van der Waals surface area contributed by atoms with Crippen LogP contribution in [0.5, 0.6) is 0 Å². The van der Waals surface area contributed by atoms with Crippen molar-refractivity contribution in [3.05, 3.63) is 34.6 Å². The highest BCUT2D eigenvalue weighted by atomic mass is 16.4. The summed E-state index contributed by atoms with van der Waals surface area (Å²) in [6.45, 7) is 2.08. The maximum absolute atomic E-state index is 11.5. The Morgan fingerprint density at radius 1 is 1.47 bits per heavy atom. The first kappa shape index (κ1) is 9.83. The summed E-state index contributed by atoms with van der Waals surface area (Å²) >= 11 is 0. The molecule has 0 unspecified atom stereocenters. The van der Waals surface area contributed by atoms with Crippen LogP contribution in [0, 0.1) is 0 Å². The summed E-state index contributed by atoms with van der Waals surface area (Å²) in [6, 6.07) is 3.53. The lowest BCUT2D eigenvalue weighted by Crippen LogP contribution is -2.06. The van der Waals surface area contributed by atoms with Gasteiger partial charge in [0.1, 0.15) is 0 Å². The molecular formula is C11H12N2O2. The van der Waals surface area contributed by atoms with Gasteiger partial charge in [-0.2, -0.15) is 0 Å². The lowest BCUT2D eigenvalue weighted by molar-refractivity contribution is 0.436. The molecule has 0 aromatic carbocycles. The standard InChI is InChI=1S/C11H12N2O2/c1-2-3-6-9-13-8-5-4-7-12-10(8)11(14)15-9/h4-5,7H,2-3,6H2,1H3. The topological polar surface area (TPSA) is 56.0 Å². The molecule has 0 fully saturated rings. The molecule has 4 heteroatoms. The summed E-state index contributed by atoms with van der Waals surface area (Å²) in [5.41, 5.74) is 0.518. The molecule has 2 heterocycles. The van der Waals surface area contributed by atoms with E-state index in [4.69, 9.17) is 4.42 Å². The lowest BCUT2D eigenvalue weighted by atomic mass is 10.2. The Morgan fingerprint density at radius 3 is 3.13 bits per heavy atom. The fourth-order valence-corrected chi connectivity index (χ4v) is 1.39. The number of unbranched alkanes of at least 4 members (excludes halogenated alkanes) is 1. The molecule has 2 aromatic rings. The molecule has 0 aliphatic carbocycles. The van der Waals surface area contributed by atoms with Crippen LogP contribution in [0.1, 0.15) is 25.7 Å². The third kappa shape index (κ3) is 2.03. The predicted octanol–water partition coefficient (Wildman–Crippen LogP) is 1.93. The number of aromatic nitrogens is 2. The van der Waals surface area contributed by atoms with E-state index in [2.05, 4.69) is 16.9 Å². The fourth-order valence-electron chi connectivity index (χ4n) is 1.39. The number of hydrogen-bond acceptors (Lipinski definition) is 4. The van der Waals surface area contributed by atoms with Gasteiger partial charge in [0.25, 0.3) is 0 Å². The van der Waals surface area contributed by atoms with Crippen molar-refractivity contribution in [3.8, 4) is 0 Å². The number of fused-ring (bicyclic) bond motifs is 1. The number of pyridine rings is 1. The normalized spacial score (nSPS) is 10.7. The summed E-state index contributed by atoms with van der Waals surface area (Å²) < 4.78 is 5.06. The second-order valence-electron chi connectivity index (χ2n) is 3.37. The van der Waals surface area contributed by atoms with E-state index >= 15 is 0 Å². The first-order chi connectivity index (χ1) is 7.31. The van der Waals surface area contributed by atoms with Gasteiger partial charge in [-0.15, -0.1) is 0 Å². The van der Waals surface area contributed by atoms with Crippen LogP contribution in [-0.4, -0.2) is 9.97 Å². The second-order valence-corrected chi connectivity index (χ2v) is 3.37. The first-order valence-corrected chi connectivity index (χ1v) is 5.06. The second kappa shape index (κ2) is 4.21. The van der Waals surface area contributed by atoms with E-state index in [0.29, 0.717) is 23.3 Å². The van der Waals surface area contributed by atoms with E-state index < -0.39 is 5.63 Å². The molecule has 0 bridgehead atoms. The van der Waals surface area contributed by atoms with Crippen LogP contribution in [0.3, 0.4) is 0 Å². The largest absolute Gasteiger partial charge is 0.407 e. The maximum Gasteiger partial charge on any atom is 0.365 e. The Balaban J connectivity index is 2.48. The van der Waals surface area contributed by atoms with Crippen LogP contribution in [0.25, 0.3) is 11.0 Å².